The number of amidine groups is 1. The van der Waals surface area contributed by atoms with Gasteiger partial charge in [0.2, 0.25) is 0 Å². The van der Waals surface area contributed by atoms with E-state index in [1.165, 1.54) is 0 Å². The first-order valence-electron chi connectivity index (χ1n) is 4.64. The van der Waals surface area contributed by atoms with Gasteiger partial charge in [-0.3, -0.25) is 4.90 Å². The smallest absolute Gasteiger partial charge is 0.153 e. The Morgan fingerprint density at radius 3 is 2.50 bits per heavy atom. The van der Waals surface area contributed by atoms with Crippen LogP contribution in [0.2, 0.25) is 0 Å². The largest absolute Gasteiger partial charge is 0.409 e. The number of likely N-dealkylation sites (N-methyl/N-ethyl adjacent to an activating group) is 1. The number of hydrogen-bond donors (Lipinski definition) is 2. The van der Waals surface area contributed by atoms with Crippen molar-refractivity contribution in [2.75, 3.05) is 26.7 Å². The Bertz CT molecular complexity index is 187. The maximum absolute atomic E-state index is 8.34. The molecule has 0 bridgehead atoms. The van der Waals surface area contributed by atoms with E-state index in [9.17, 15) is 0 Å². The predicted octanol–water partition coefficient (Wildman–Crippen LogP) is 0.480. The van der Waals surface area contributed by atoms with Crippen LogP contribution >= 0.6 is 0 Å². The van der Waals surface area contributed by atoms with Crippen molar-refractivity contribution in [1.82, 2.24) is 4.90 Å². The lowest BCUT2D eigenvalue weighted by atomic mass is 10.2. The van der Waals surface area contributed by atoms with E-state index in [0.717, 1.165) is 6.54 Å². The third-order valence-corrected chi connectivity index (χ3v) is 1.57. The Morgan fingerprint density at radius 1 is 1.50 bits per heavy atom. The molecule has 0 spiro atoms. The van der Waals surface area contributed by atoms with Gasteiger partial charge in [0.15, 0.2) is 5.84 Å². The van der Waals surface area contributed by atoms with Crippen LogP contribution in [-0.4, -0.2) is 48.3 Å². The molecule has 0 saturated carbocycles. The number of nitrogens with zero attached hydrogens (tertiary/aromatic N) is 2. The Kier molecular flexibility index (Phi) is 5.49. The number of nitrogens with two attached hydrogens (primary N) is 1. The molecule has 0 aromatic heterocycles. The maximum atomic E-state index is 8.34. The van der Waals surface area contributed by atoms with Crippen LogP contribution in [0.3, 0.4) is 0 Å². The summed E-state index contributed by atoms with van der Waals surface area (Å²) in [5.41, 5.74) is 5.24. The van der Waals surface area contributed by atoms with Gasteiger partial charge >= 0.3 is 0 Å². The van der Waals surface area contributed by atoms with Crippen molar-refractivity contribution in [3.05, 3.63) is 0 Å². The number of rotatable bonds is 5. The minimum Gasteiger partial charge on any atom is -0.409 e. The van der Waals surface area contributed by atoms with Gasteiger partial charge in [0.25, 0.3) is 0 Å². The molecular formula is C9H21N3O2. The molecule has 5 heteroatoms. The molecule has 0 aliphatic rings. The highest BCUT2D eigenvalue weighted by atomic mass is 16.5. The summed E-state index contributed by atoms with van der Waals surface area (Å²) in [5.74, 6) is 0.211. The van der Waals surface area contributed by atoms with Gasteiger partial charge in [-0.2, -0.15) is 0 Å². The fraction of sp³-hybridized carbons (Fsp3) is 0.889. The zero-order chi connectivity index (χ0) is 11.2. The predicted molar refractivity (Wildman–Crippen MR) is 56.6 cm³/mol. The zero-order valence-corrected chi connectivity index (χ0v) is 9.45. The Morgan fingerprint density at radius 2 is 2.07 bits per heavy atom. The lowest BCUT2D eigenvalue weighted by Crippen LogP contribution is -2.34. The molecule has 5 nitrogen and oxygen atoms in total. The monoisotopic (exact) mass is 203 g/mol. The highest BCUT2D eigenvalue weighted by Gasteiger charge is 2.10. The van der Waals surface area contributed by atoms with Crippen LogP contribution in [0.5, 0.6) is 0 Å². The van der Waals surface area contributed by atoms with E-state index in [4.69, 9.17) is 15.7 Å². The number of hydrogen-bond acceptors (Lipinski definition) is 4. The third-order valence-electron chi connectivity index (χ3n) is 1.57. The summed E-state index contributed by atoms with van der Waals surface area (Å²) < 4.78 is 5.53. The van der Waals surface area contributed by atoms with Crippen molar-refractivity contribution in [2.45, 2.75) is 26.4 Å². The second-order valence-corrected chi connectivity index (χ2v) is 4.29. The Hall–Kier alpha value is -0.810. The van der Waals surface area contributed by atoms with Crippen LogP contribution in [0.15, 0.2) is 5.16 Å². The Balaban J connectivity index is 3.60. The Labute approximate surface area is 85.5 Å². The second kappa shape index (κ2) is 5.82. The summed E-state index contributed by atoms with van der Waals surface area (Å²) >= 11 is 0. The van der Waals surface area contributed by atoms with Crippen LogP contribution in [0.25, 0.3) is 0 Å². The van der Waals surface area contributed by atoms with Gasteiger partial charge in [-0.05, 0) is 27.8 Å². The van der Waals surface area contributed by atoms with E-state index in [0.29, 0.717) is 13.2 Å². The van der Waals surface area contributed by atoms with E-state index in [2.05, 4.69) is 5.16 Å². The zero-order valence-electron chi connectivity index (χ0n) is 9.45. The lowest BCUT2D eigenvalue weighted by Gasteiger charge is -2.22. The molecule has 14 heavy (non-hydrogen) atoms. The molecule has 0 saturated heterocycles. The number of ether oxygens (including phenoxy) is 1. The minimum absolute atomic E-state index is 0.114. The van der Waals surface area contributed by atoms with Crippen molar-refractivity contribution < 1.29 is 9.94 Å². The van der Waals surface area contributed by atoms with Gasteiger partial charge in [0.05, 0.1) is 18.8 Å². The summed E-state index contributed by atoms with van der Waals surface area (Å²) in [5, 5.41) is 11.2. The molecule has 3 N–H and O–H groups in total. The molecule has 0 aliphatic carbocycles. The first-order chi connectivity index (χ1) is 6.35. The van der Waals surface area contributed by atoms with Crippen molar-refractivity contribution >= 4 is 5.84 Å². The lowest BCUT2D eigenvalue weighted by molar-refractivity contribution is -0.00955. The molecule has 0 aromatic rings. The topological polar surface area (TPSA) is 71.1 Å². The van der Waals surface area contributed by atoms with Gasteiger partial charge in [-0.15, -0.1) is 0 Å². The fourth-order valence-electron chi connectivity index (χ4n) is 0.895. The normalized spacial score (nSPS) is 13.6. The summed E-state index contributed by atoms with van der Waals surface area (Å²) in [6, 6.07) is 0. The summed E-state index contributed by atoms with van der Waals surface area (Å²) in [7, 11) is 1.89. The van der Waals surface area contributed by atoms with Crippen LogP contribution in [0, 0.1) is 0 Å². The molecule has 0 aromatic carbocycles. The van der Waals surface area contributed by atoms with Crippen LogP contribution in [0.4, 0.5) is 0 Å². The van der Waals surface area contributed by atoms with Crippen LogP contribution in [0.1, 0.15) is 20.8 Å². The molecule has 0 fully saturated rings. The summed E-state index contributed by atoms with van der Waals surface area (Å²) in [6.45, 7) is 7.87. The molecule has 0 rings (SSSR count). The standard InChI is InChI=1S/C9H21N3O2/c1-9(2,3)14-6-5-12(4)7-8(10)11-13/h13H,5-7H2,1-4H3,(H2,10,11). The van der Waals surface area contributed by atoms with E-state index < -0.39 is 0 Å². The highest BCUT2D eigenvalue weighted by molar-refractivity contribution is 5.81. The highest BCUT2D eigenvalue weighted by Crippen LogP contribution is 2.05. The van der Waals surface area contributed by atoms with E-state index in [1.54, 1.807) is 0 Å². The quantitative estimate of drug-likeness (QED) is 0.295. The summed E-state index contributed by atoms with van der Waals surface area (Å²) in [4.78, 5) is 1.93. The average molecular weight is 203 g/mol. The van der Waals surface area contributed by atoms with Crippen molar-refractivity contribution in [3.63, 3.8) is 0 Å². The van der Waals surface area contributed by atoms with Gasteiger partial charge in [-0.1, -0.05) is 5.16 Å². The SMILES string of the molecule is CN(CCOC(C)(C)C)CC(N)=NO. The molecule has 0 unspecified atom stereocenters. The van der Waals surface area contributed by atoms with Crippen molar-refractivity contribution in [3.8, 4) is 0 Å². The van der Waals surface area contributed by atoms with E-state index >= 15 is 0 Å². The first-order valence-corrected chi connectivity index (χ1v) is 4.64. The van der Waals surface area contributed by atoms with Gasteiger partial charge in [0.1, 0.15) is 0 Å². The van der Waals surface area contributed by atoms with E-state index in [1.807, 2.05) is 32.7 Å². The third kappa shape index (κ3) is 7.82. The molecule has 0 heterocycles. The number of oxime groups is 1. The van der Waals surface area contributed by atoms with Crippen molar-refractivity contribution in [1.29, 1.82) is 0 Å². The second-order valence-electron chi connectivity index (χ2n) is 4.29. The molecule has 0 aliphatic heterocycles. The minimum atomic E-state index is -0.114. The van der Waals surface area contributed by atoms with Crippen molar-refractivity contribution in [2.24, 2.45) is 10.9 Å². The molecule has 84 valence electrons. The molecular weight excluding hydrogens is 182 g/mol. The average Bonchev–Trinajstić information content (AvgIpc) is 2.01. The van der Waals surface area contributed by atoms with E-state index in [-0.39, 0.29) is 11.4 Å². The fourth-order valence-corrected chi connectivity index (χ4v) is 0.895. The maximum Gasteiger partial charge on any atom is 0.153 e. The molecule has 0 amide bonds. The van der Waals surface area contributed by atoms with Gasteiger partial charge < -0.3 is 15.7 Å². The summed E-state index contributed by atoms with van der Waals surface area (Å²) in [6.07, 6.45) is 0. The van der Waals surface area contributed by atoms with Crippen LogP contribution in [-0.2, 0) is 4.74 Å². The molecule has 0 atom stereocenters. The first kappa shape index (κ1) is 13.2. The van der Waals surface area contributed by atoms with Crippen LogP contribution < -0.4 is 5.73 Å². The van der Waals surface area contributed by atoms with Gasteiger partial charge in [0, 0.05) is 6.54 Å². The van der Waals surface area contributed by atoms with Gasteiger partial charge in [-0.25, -0.2) is 0 Å². The molecule has 0 radical (unpaired) electrons.